The van der Waals surface area contributed by atoms with Crippen LogP contribution in [0.1, 0.15) is 206 Å². The Hall–Kier alpha value is -0.410. The Morgan fingerprint density at radius 1 is 0.421 bits per heavy atom. The van der Waals surface area contributed by atoms with Crippen molar-refractivity contribution in [2.45, 2.75) is 219 Å². The zero-order valence-corrected chi connectivity index (χ0v) is 26.2. The van der Waals surface area contributed by atoms with Crippen LogP contribution in [0.4, 0.5) is 0 Å². The lowest BCUT2D eigenvalue weighted by Crippen LogP contribution is -2.19. The Kier molecular flexibility index (Phi) is 30.8. The van der Waals surface area contributed by atoms with Crippen LogP contribution in [0.2, 0.25) is 0 Å². The zero-order chi connectivity index (χ0) is 27.9. The lowest BCUT2D eigenvalue weighted by atomic mass is 10.00. The van der Waals surface area contributed by atoms with Gasteiger partial charge in [0, 0.05) is 6.42 Å². The molecule has 0 aliphatic carbocycles. The van der Waals surface area contributed by atoms with E-state index in [9.17, 15) is 15.0 Å². The molecule has 0 saturated carbocycles. The molecular formula is C35H70O3. The van der Waals surface area contributed by atoms with E-state index in [0.29, 0.717) is 12.8 Å². The van der Waals surface area contributed by atoms with Crippen LogP contribution in [0, 0.1) is 0 Å². The second kappa shape index (κ2) is 31.1. The first kappa shape index (κ1) is 37.6. The third kappa shape index (κ3) is 28.6. The number of aliphatic hydroxyl groups excluding tert-OH is 2. The minimum atomic E-state index is -0.749. The number of hydrogen-bond acceptors (Lipinski definition) is 3. The lowest BCUT2D eigenvalue weighted by molar-refractivity contribution is -0.127. The molecule has 228 valence electrons. The van der Waals surface area contributed by atoms with Crippen molar-refractivity contribution < 1.29 is 15.0 Å². The topological polar surface area (TPSA) is 57.5 Å². The molecule has 3 heteroatoms. The van der Waals surface area contributed by atoms with Gasteiger partial charge in [-0.15, -0.1) is 0 Å². The summed E-state index contributed by atoms with van der Waals surface area (Å²) in [6.45, 7) is 4.45. The van der Waals surface area contributed by atoms with Gasteiger partial charge in [0.25, 0.3) is 0 Å². The predicted octanol–water partition coefficient (Wildman–Crippen LogP) is 11.0. The first-order valence-electron chi connectivity index (χ1n) is 17.5. The molecule has 0 bridgehead atoms. The van der Waals surface area contributed by atoms with E-state index in [0.717, 1.165) is 70.6 Å². The van der Waals surface area contributed by atoms with Crippen LogP contribution < -0.4 is 0 Å². The first-order chi connectivity index (χ1) is 18.6. The maximum Gasteiger partial charge on any atom is 0.161 e. The fourth-order valence-corrected chi connectivity index (χ4v) is 5.54. The number of carbonyl (C=O) groups is 1. The first-order valence-corrected chi connectivity index (χ1v) is 17.5. The Labute approximate surface area is 239 Å². The van der Waals surface area contributed by atoms with Crippen molar-refractivity contribution in [2.75, 3.05) is 0 Å². The van der Waals surface area contributed by atoms with Gasteiger partial charge in [-0.1, -0.05) is 174 Å². The minimum absolute atomic E-state index is 0.0519. The third-order valence-corrected chi connectivity index (χ3v) is 8.30. The molecule has 0 saturated heterocycles. The smallest absolute Gasteiger partial charge is 0.161 e. The largest absolute Gasteiger partial charge is 0.393 e. The van der Waals surface area contributed by atoms with E-state index in [-0.39, 0.29) is 11.9 Å². The van der Waals surface area contributed by atoms with E-state index in [2.05, 4.69) is 13.8 Å². The Morgan fingerprint density at radius 3 is 1.16 bits per heavy atom. The Bertz CT molecular complexity index is 464. The van der Waals surface area contributed by atoms with Crippen LogP contribution in [-0.2, 0) is 4.79 Å². The molecule has 0 aliphatic heterocycles. The molecular weight excluding hydrogens is 468 g/mol. The molecule has 3 nitrogen and oxygen atoms in total. The van der Waals surface area contributed by atoms with Gasteiger partial charge in [0.1, 0.15) is 6.10 Å². The van der Waals surface area contributed by atoms with E-state index in [1.165, 1.54) is 109 Å². The van der Waals surface area contributed by atoms with Crippen molar-refractivity contribution in [3.05, 3.63) is 0 Å². The number of ketones is 1. The standard InChI is InChI=1S/C35H70O3/c1-3-5-7-8-9-10-11-12-13-14-15-16-17-18-19-20-21-24-27-31-34(37)35(38)32-28-25-22-23-26-30-33(36)29-6-4-2/h33,35-36,38H,3-32H2,1-2H3. The van der Waals surface area contributed by atoms with Crippen LogP contribution in [0.25, 0.3) is 0 Å². The minimum Gasteiger partial charge on any atom is -0.393 e. The number of Topliss-reactive ketones (excluding diaryl/α,β-unsaturated/α-hetero) is 1. The van der Waals surface area contributed by atoms with Gasteiger partial charge in [0.05, 0.1) is 6.10 Å². The molecule has 0 aromatic carbocycles. The predicted molar refractivity (Wildman–Crippen MR) is 167 cm³/mol. The summed E-state index contributed by atoms with van der Waals surface area (Å²) in [7, 11) is 0. The van der Waals surface area contributed by atoms with Crippen LogP contribution in [0.3, 0.4) is 0 Å². The number of aliphatic hydroxyl groups is 2. The Morgan fingerprint density at radius 2 is 0.737 bits per heavy atom. The van der Waals surface area contributed by atoms with Crippen molar-refractivity contribution in [1.82, 2.24) is 0 Å². The summed E-state index contributed by atoms with van der Waals surface area (Å²) in [6.07, 6.45) is 35.6. The van der Waals surface area contributed by atoms with Gasteiger partial charge in [0.2, 0.25) is 0 Å². The van der Waals surface area contributed by atoms with Gasteiger partial charge in [-0.3, -0.25) is 4.79 Å². The molecule has 0 aliphatic rings. The maximum absolute atomic E-state index is 12.2. The third-order valence-electron chi connectivity index (χ3n) is 8.30. The molecule has 2 atom stereocenters. The zero-order valence-electron chi connectivity index (χ0n) is 26.2. The van der Waals surface area contributed by atoms with E-state index in [1.807, 2.05) is 0 Å². The molecule has 0 aromatic heterocycles. The average Bonchev–Trinajstić information content (AvgIpc) is 2.92. The number of hydrogen-bond donors (Lipinski definition) is 2. The van der Waals surface area contributed by atoms with Gasteiger partial charge in [-0.25, -0.2) is 0 Å². The van der Waals surface area contributed by atoms with Gasteiger partial charge in [0.15, 0.2) is 5.78 Å². The van der Waals surface area contributed by atoms with E-state index in [1.54, 1.807) is 0 Å². The molecule has 38 heavy (non-hydrogen) atoms. The highest BCUT2D eigenvalue weighted by Gasteiger charge is 2.13. The molecule has 0 amide bonds. The van der Waals surface area contributed by atoms with Crippen LogP contribution >= 0.6 is 0 Å². The lowest BCUT2D eigenvalue weighted by Gasteiger charge is -2.10. The van der Waals surface area contributed by atoms with Crippen LogP contribution in [0.5, 0.6) is 0 Å². The summed E-state index contributed by atoms with van der Waals surface area (Å²) in [5, 5.41) is 20.0. The summed E-state index contributed by atoms with van der Waals surface area (Å²) in [4.78, 5) is 12.2. The van der Waals surface area contributed by atoms with Crippen LogP contribution in [0.15, 0.2) is 0 Å². The highest BCUT2D eigenvalue weighted by Crippen LogP contribution is 2.16. The molecule has 0 radical (unpaired) electrons. The fraction of sp³-hybridized carbons (Fsp3) is 0.971. The van der Waals surface area contributed by atoms with Crippen molar-refractivity contribution in [3.63, 3.8) is 0 Å². The molecule has 0 aromatic rings. The van der Waals surface area contributed by atoms with Gasteiger partial charge in [-0.2, -0.15) is 0 Å². The van der Waals surface area contributed by atoms with Crippen molar-refractivity contribution in [1.29, 1.82) is 0 Å². The summed E-state index contributed by atoms with van der Waals surface area (Å²) in [6, 6.07) is 0. The molecule has 2 unspecified atom stereocenters. The molecule has 0 spiro atoms. The molecule has 0 heterocycles. The maximum atomic E-state index is 12.2. The van der Waals surface area contributed by atoms with Crippen molar-refractivity contribution >= 4 is 5.78 Å². The Balaban J connectivity index is 3.30. The summed E-state index contributed by atoms with van der Waals surface area (Å²) in [5.74, 6) is 0.0519. The highest BCUT2D eigenvalue weighted by molar-refractivity contribution is 5.82. The summed E-state index contributed by atoms with van der Waals surface area (Å²) >= 11 is 0. The highest BCUT2D eigenvalue weighted by atomic mass is 16.3. The quantitative estimate of drug-likeness (QED) is 0.0837. The number of unbranched alkanes of at least 4 members (excludes halogenated alkanes) is 23. The second-order valence-electron chi connectivity index (χ2n) is 12.2. The summed E-state index contributed by atoms with van der Waals surface area (Å²) < 4.78 is 0. The molecule has 2 N–H and O–H groups in total. The van der Waals surface area contributed by atoms with Gasteiger partial charge < -0.3 is 10.2 Å². The van der Waals surface area contributed by atoms with E-state index < -0.39 is 6.10 Å². The van der Waals surface area contributed by atoms with E-state index >= 15 is 0 Å². The number of rotatable bonds is 32. The van der Waals surface area contributed by atoms with Gasteiger partial charge >= 0.3 is 0 Å². The van der Waals surface area contributed by atoms with Crippen molar-refractivity contribution in [3.8, 4) is 0 Å². The average molecular weight is 539 g/mol. The number of carbonyl (C=O) groups excluding carboxylic acids is 1. The SMILES string of the molecule is CCCCCCCCCCCCCCCCCCCCCC(=O)C(O)CCCCCCCC(O)CCCC. The monoisotopic (exact) mass is 539 g/mol. The summed E-state index contributed by atoms with van der Waals surface area (Å²) in [5.41, 5.74) is 0. The van der Waals surface area contributed by atoms with Crippen LogP contribution in [-0.4, -0.2) is 28.2 Å². The van der Waals surface area contributed by atoms with E-state index in [4.69, 9.17) is 0 Å². The second-order valence-corrected chi connectivity index (χ2v) is 12.2. The normalized spacial score (nSPS) is 13.2. The molecule has 0 rings (SSSR count). The molecule has 0 fully saturated rings. The van der Waals surface area contributed by atoms with Gasteiger partial charge in [-0.05, 0) is 25.7 Å². The van der Waals surface area contributed by atoms with Crippen molar-refractivity contribution in [2.24, 2.45) is 0 Å². The fourth-order valence-electron chi connectivity index (χ4n) is 5.54.